The summed E-state index contributed by atoms with van der Waals surface area (Å²) >= 11 is 0. The van der Waals surface area contributed by atoms with Gasteiger partial charge in [-0.3, -0.25) is 9.59 Å². The molecular weight excluding hydrogens is 624 g/mol. The smallest absolute Gasteiger partial charge is 0.408 e. The second-order valence-electron chi connectivity index (χ2n) is 13.7. The average Bonchev–Trinajstić information content (AvgIpc) is 2.95. The standard InChI is InChI=1S/C34H46N4O10/c1-33(2,3)47-31(45)35-14-8-9-23-29(42)38(7)25(30(43)44)18-22-16-20(11-13-27(22)40)19-10-12-26(39)21(15-19)17-24(28(41)36-23)37-32(46)48-34(4,5)6/h10-13,15-16,23-25,39-40H,8-9,14,17-18H2,1-7H3,(H,35,45)(H,36,41)(H,37,46)(H,43,44)/t23-,24-,25-/m0/s1. The third kappa shape index (κ3) is 10.8. The van der Waals surface area contributed by atoms with Gasteiger partial charge in [-0.05, 0) is 101 Å². The van der Waals surface area contributed by atoms with Crippen LogP contribution in [0.4, 0.5) is 9.59 Å². The Kier molecular flexibility index (Phi) is 11.9. The van der Waals surface area contributed by atoms with Gasteiger partial charge in [0.1, 0.15) is 40.8 Å². The third-order valence-electron chi connectivity index (χ3n) is 7.39. The Morgan fingerprint density at radius 3 is 1.92 bits per heavy atom. The number of rotatable bonds is 6. The Balaban J connectivity index is 2.06. The number of likely N-dealkylation sites (N-methyl/N-ethyl adjacent to an activating group) is 1. The zero-order valence-electron chi connectivity index (χ0n) is 28.4. The van der Waals surface area contributed by atoms with Crippen LogP contribution in [0.25, 0.3) is 11.1 Å². The molecule has 3 atom stereocenters. The lowest BCUT2D eigenvalue weighted by Crippen LogP contribution is -2.57. The molecule has 0 saturated heterocycles. The molecule has 0 saturated carbocycles. The van der Waals surface area contributed by atoms with Crippen molar-refractivity contribution in [3.63, 3.8) is 0 Å². The number of carboxylic acid groups (broad SMARTS) is 1. The van der Waals surface area contributed by atoms with Crippen LogP contribution >= 0.6 is 0 Å². The van der Waals surface area contributed by atoms with E-state index in [4.69, 9.17) is 9.47 Å². The van der Waals surface area contributed by atoms with Crippen LogP contribution in [0.2, 0.25) is 0 Å². The number of nitrogens with one attached hydrogen (secondary N) is 3. The SMILES string of the molecule is CN1C(=O)[C@H](CCCNC(=O)OC(C)(C)C)NC(=O)[C@@H](NC(=O)OC(C)(C)C)Cc2cc(ccc2O)-c2ccc(O)c(c2)C[C@H]1C(=O)O. The summed E-state index contributed by atoms with van der Waals surface area (Å²) in [5, 5.41) is 39.3. The number of nitrogens with zero attached hydrogens (tertiary/aromatic N) is 1. The largest absolute Gasteiger partial charge is 0.508 e. The van der Waals surface area contributed by atoms with E-state index in [-0.39, 0.29) is 54.9 Å². The van der Waals surface area contributed by atoms with E-state index in [1.54, 1.807) is 65.8 Å². The summed E-state index contributed by atoms with van der Waals surface area (Å²) < 4.78 is 10.6. The van der Waals surface area contributed by atoms with E-state index in [9.17, 15) is 39.3 Å². The van der Waals surface area contributed by atoms with Gasteiger partial charge in [-0.1, -0.05) is 12.1 Å². The zero-order chi connectivity index (χ0) is 36.0. The molecule has 14 nitrogen and oxygen atoms in total. The number of carbonyl (C=O) groups is 5. The number of benzene rings is 2. The zero-order valence-corrected chi connectivity index (χ0v) is 28.4. The van der Waals surface area contributed by atoms with Crippen molar-refractivity contribution < 1.29 is 48.8 Å². The lowest BCUT2D eigenvalue weighted by molar-refractivity contribution is -0.150. The summed E-state index contributed by atoms with van der Waals surface area (Å²) in [6.45, 7) is 10.2. The van der Waals surface area contributed by atoms with Crippen LogP contribution in [-0.4, -0.2) is 93.1 Å². The number of aliphatic carboxylic acids is 1. The third-order valence-corrected chi connectivity index (χ3v) is 7.39. The summed E-state index contributed by atoms with van der Waals surface area (Å²) in [6, 6.07) is 5.22. The maximum atomic E-state index is 13.9. The monoisotopic (exact) mass is 670 g/mol. The van der Waals surface area contributed by atoms with Crippen LogP contribution in [-0.2, 0) is 36.7 Å². The summed E-state index contributed by atoms with van der Waals surface area (Å²) in [5.41, 5.74) is 0.0852. The van der Waals surface area contributed by atoms with Gasteiger partial charge in [-0.15, -0.1) is 0 Å². The fourth-order valence-corrected chi connectivity index (χ4v) is 5.07. The minimum atomic E-state index is -1.44. The molecular formula is C34H46N4O10. The van der Waals surface area contributed by atoms with Crippen molar-refractivity contribution in [2.45, 2.75) is 96.6 Å². The Hall–Kier alpha value is -5.01. The highest BCUT2D eigenvalue weighted by molar-refractivity contribution is 5.93. The van der Waals surface area contributed by atoms with E-state index < -0.39 is 59.3 Å². The molecule has 2 aromatic carbocycles. The minimum absolute atomic E-state index is 0.0301. The van der Waals surface area contributed by atoms with Crippen LogP contribution < -0.4 is 16.0 Å². The van der Waals surface area contributed by atoms with Gasteiger partial charge in [-0.25, -0.2) is 14.4 Å². The van der Waals surface area contributed by atoms with Crippen molar-refractivity contribution in [3.05, 3.63) is 47.5 Å². The fraction of sp³-hybridized carbons (Fsp3) is 0.500. The molecule has 4 amide bonds. The van der Waals surface area contributed by atoms with Crippen molar-refractivity contribution in [1.82, 2.24) is 20.9 Å². The van der Waals surface area contributed by atoms with E-state index in [0.29, 0.717) is 11.1 Å². The molecule has 0 aliphatic carbocycles. The van der Waals surface area contributed by atoms with E-state index in [1.165, 1.54) is 19.2 Å². The highest BCUT2D eigenvalue weighted by atomic mass is 16.6. The lowest BCUT2D eigenvalue weighted by atomic mass is 9.95. The van der Waals surface area contributed by atoms with Crippen LogP contribution in [0, 0.1) is 0 Å². The second-order valence-corrected chi connectivity index (χ2v) is 13.7. The molecule has 4 bridgehead atoms. The number of carboxylic acids is 1. The van der Waals surface area contributed by atoms with Crippen molar-refractivity contribution in [1.29, 1.82) is 0 Å². The summed E-state index contributed by atoms with van der Waals surface area (Å²) in [6.07, 6.45) is -1.90. The summed E-state index contributed by atoms with van der Waals surface area (Å²) in [7, 11) is 1.29. The van der Waals surface area contributed by atoms with Crippen molar-refractivity contribution in [2.75, 3.05) is 13.6 Å². The number of aromatic hydroxyl groups is 2. The number of phenols is 2. The predicted molar refractivity (Wildman–Crippen MR) is 175 cm³/mol. The fourth-order valence-electron chi connectivity index (χ4n) is 5.07. The normalized spacial score (nSPS) is 18.9. The van der Waals surface area contributed by atoms with Gasteiger partial charge in [-0.2, -0.15) is 0 Å². The van der Waals surface area contributed by atoms with Gasteiger partial charge in [0.05, 0.1) is 0 Å². The van der Waals surface area contributed by atoms with E-state index in [0.717, 1.165) is 4.90 Å². The maximum absolute atomic E-state index is 13.9. The molecule has 0 radical (unpaired) electrons. The van der Waals surface area contributed by atoms with Crippen molar-refractivity contribution >= 4 is 30.0 Å². The number of hydrogen-bond donors (Lipinski definition) is 6. The average molecular weight is 671 g/mol. The van der Waals surface area contributed by atoms with E-state index >= 15 is 0 Å². The van der Waals surface area contributed by atoms with Gasteiger partial charge in [0.25, 0.3) is 0 Å². The molecule has 1 heterocycles. The topological polar surface area (TPSA) is 204 Å². The van der Waals surface area contributed by atoms with Crippen LogP contribution in [0.1, 0.15) is 65.5 Å². The Morgan fingerprint density at radius 1 is 0.875 bits per heavy atom. The van der Waals surface area contributed by atoms with Crippen molar-refractivity contribution in [3.8, 4) is 22.6 Å². The highest BCUT2D eigenvalue weighted by Crippen LogP contribution is 2.31. The number of hydrogen-bond acceptors (Lipinski definition) is 9. The molecule has 14 heteroatoms. The first-order valence-electron chi connectivity index (χ1n) is 15.6. The first kappa shape index (κ1) is 37.4. The van der Waals surface area contributed by atoms with Gasteiger partial charge in [0, 0.05) is 26.4 Å². The van der Waals surface area contributed by atoms with Crippen LogP contribution in [0.3, 0.4) is 0 Å². The Morgan fingerprint density at radius 2 is 1.40 bits per heavy atom. The molecule has 262 valence electrons. The molecule has 2 aromatic rings. The number of fused-ring (bicyclic) bond motifs is 5. The van der Waals surface area contributed by atoms with Crippen molar-refractivity contribution in [2.24, 2.45) is 0 Å². The number of amides is 4. The molecule has 0 unspecified atom stereocenters. The van der Waals surface area contributed by atoms with Gasteiger partial charge < -0.3 is 45.6 Å². The quantitative estimate of drug-likeness (QED) is 0.247. The van der Waals surface area contributed by atoms with Gasteiger partial charge in [0.2, 0.25) is 11.8 Å². The Labute approximate surface area is 279 Å². The summed E-state index contributed by atoms with van der Waals surface area (Å²) in [5.74, 6) is -3.21. The first-order valence-corrected chi connectivity index (χ1v) is 15.6. The van der Waals surface area contributed by atoms with Crippen LogP contribution in [0.15, 0.2) is 36.4 Å². The van der Waals surface area contributed by atoms with Gasteiger partial charge >= 0.3 is 18.2 Å². The first-order chi connectivity index (χ1) is 22.2. The highest BCUT2D eigenvalue weighted by Gasteiger charge is 2.35. The number of alkyl carbamates (subject to hydrolysis) is 2. The molecule has 3 rings (SSSR count). The number of carbonyl (C=O) groups excluding carboxylic acids is 4. The number of phenolic OH excluding ortho intramolecular Hbond substituents is 2. The van der Waals surface area contributed by atoms with Gasteiger partial charge in [0.15, 0.2) is 0 Å². The molecule has 48 heavy (non-hydrogen) atoms. The maximum Gasteiger partial charge on any atom is 0.408 e. The lowest BCUT2D eigenvalue weighted by Gasteiger charge is -2.30. The molecule has 0 spiro atoms. The minimum Gasteiger partial charge on any atom is -0.508 e. The summed E-state index contributed by atoms with van der Waals surface area (Å²) in [4.78, 5) is 66.2. The molecule has 1 aliphatic heterocycles. The second kappa shape index (κ2) is 15.3. The molecule has 6 N–H and O–H groups in total. The Bertz CT molecular complexity index is 1530. The van der Waals surface area contributed by atoms with E-state index in [2.05, 4.69) is 16.0 Å². The molecule has 1 aliphatic rings. The predicted octanol–water partition coefficient (Wildman–Crippen LogP) is 3.46. The molecule has 0 fully saturated rings. The van der Waals surface area contributed by atoms with Crippen LogP contribution in [0.5, 0.6) is 11.5 Å². The molecule has 0 aromatic heterocycles. The van der Waals surface area contributed by atoms with E-state index in [1.807, 2.05) is 0 Å². The number of ether oxygens (including phenoxy) is 2.